The van der Waals surface area contributed by atoms with Crippen LogP contribution < -0.4 is 5.32 Å². The second-order valence-electron chi connectivity index (χ2n) is 5.41. The summed E-state index contributed by atoms with van der Waals surface area (Å²) in [6.07, 6.45) is 1.31. The minimum absolute atomic E-state index is 0.225. The molecule has 2 aromatic carbocycles. The van der Waals surface area contributed by atoms with Crippen LogP contribution in [0.25, 0.3) is 10.9 Å². The number of hydrogen-bond acceptors (Lipinski definition) is 2. The van der Waals surface area contributed by atoms with E-state index < -0.39 is 6.10 Å². The van der Waals surface area contributed by atoms with E-state index in [1.165, 1.54) is 12.1 Å². The third-order valence-corrected chi connectivity index (χ3v) is 3.90. The zero-order chi connectivity index (χ0) is 15.5. The predicted octanol–water partition coefficient (Wildman–Crippen LogP) is 2.95. The summed E-state index contributed by atoms with van der Waals surface area (Å²) in [7, 11) is 1.81. The van der Waals surface area contributed by atoms with E-state index >= 15 is 0 Å². The lowest BCUT2D eigenvalue weighted by Crippen LogP contribution is -2.33. The van der Waals surface area contributed by atoms with Crippen molar-refractivity contribution in [2.45, 2.75) is 12.1 Å². The monoisotopic (exact) mass is 298 g/mol. The molecule has 0 saturated carbocycles. The third-order valence-electron chi connectivity index (χ3n) is 3.90. The molecule has 0 spiro atoms. The van der Waals surface area contributed by atoms with Crippen LogP contribution in [0.1, 0.15) is 11.6 Å². The Hall–Kier alpha value is -2.17. The first-order valence-electron chi connectivity index (χ1n) is 7.34. The molecule has 4 heteroatoms. The van der Waals surface area contributed by atoms with E-state index in [1.54, 1.807) is 6.07 Å². The van der Waals surface area contributed by atoms with E-state index in [0.717, 1.165) is 16.5 Å². The molecule has 2 N–H and O–H groups in total. The molecule has 0 aliphatic carbocycles. The lowest BCUT2D eigenvalue weighted by molar-refractivity contribution is 0.132. The first-order valence-corrected chi connectivity index (χ1v) is 7.34. The Morgan fingerprint density at radius 3 is 2.64 bits per heavy atom. The summed E-state index contributed by atoms with van der Waals surface area (Å²) in [6.45, 7) is 0.473. The smallest absolute Gasteiger partial charge is 0.123 e. The average Bonchev–Trinajstić information content (AvgIpc) is 2.92. The molecule has 0 amide bonds. The molecule has 0 aliphatic rings. The van der Waals surface area contributed by atoms with Crippen molar-refractivity contribution in [1.29, 1.82) is 0 Å². The van der Waals surface area contributed by atoms with Crippen LogP contribution in [0.4, 0.5) is 4.39 Å². The van der Waals surface area contributed by atoms with Gasteiger partial charge in [-0.2, -0.15) is 0 Å². The first-order chi connectivity index (χ1) is 10.7. The van der Waals surface area contributed by atoms with Gasteiger partial charge < -0.3 is 15.0 Å². The van der Waals surface area contributed by atoms with E-state index in [2.05, 4.69) is 5.32 Å². The van der Waals surface area contributed by atoms with E-state index in [0.29, 0.717) is 6.54 Å². The summed E-state index contributed by atoms with van der Waals surface area (Å²) in [5.41, 5.74) is 1.93. The lowest BCUT2D eigenvalue weighted by atomic mass is 10.0. The number of fused-ring (bicyclic) bond motifs is 1. The molecule has 0 radical (unpaired) electrons. The van der Waals surface area contributed by atoms with Gasteiger partial charge >= 0.3 is 0 Å². The topological polar surface area (TPSA) is 37.2 Å². The molecule has 1 aromatic heterocycles. The molecular weight excluding hydrogens is 279 g/mol. The molecular formula is C18H19FN2O. The molecule has 0 aliphatic heterocycles. The summed E-state index contributed by atoms with van der Waals surface area (Å²) >= 11 is 0. The van der Waals surface area contributed by atoms with Crippen LogP contribution in [0.5, 0.6) is 0 Å². The van der Waals surface area contributed by atoms with Crippen molar-refractivity contribution in [2.75, 3.05) is 13.6 Å². The molecule has 2 atom stereocenters. The highest BCUT2D eigenvalue weighted by atomic mass is 19.1. The van der Waals surface area contributed by atoms with Gasteiger partial charge in [-0.25, -0.2) is 4.39 Å². The molecule has 3 aromatic rings. The Morgan fingerprint density at radius 1 is 1.14 bits per heavy atom. The highest BCUT2D eigenvalue weighted by Gasteiger charge is 2.23. The number of nitrogens with one attached hydrogen (secondary N) is 1. The summed E-state index contributed by atoms with van der Waals surface area (Å²) in [6, 6.07) is 16.2. The first kappa shape index (κ1) is 14.8. The van der Waals surface area contributed by atoms with Crippen LogP contribution in [0.15, 0.2) is 60.8 Å². The van der Waals surface area contributed by atoms with Gasteiger partial charge in [-0.3, -0.25) is 0 Å². The van der Waals surface area contributed by atoms with Crippen molar-refractivity contribution in [3.8, 4) is 0 Å². The van der Waals surface area contributed by atoms with Gasteiger partial charge in [0.1, 0.15) is 5.82 Å². The number of halogens is 1. The molecule has 0 saturated heterocycles. The number of nitrogens with zero attached hydrogens (tertiary/aromatic N) is 1. The van der Waals surface area contributed by atoms with E-state index in [9.17, 15) is 9.50 Å². The van der Waals surface area contributed by atoms with Crippen LogP contribution in [-0.2, 0) is 0 Å². The van der Waals surface area contributed by atoms with Crippen molar-refractivity contribution in [1.82, 2.24) is 9.88 Å². The van der Waals surface area contributed by atoms with Gasteiger partial charge in [0, 0.05) is 23.6 Å². The quantitative estimate of drug-likeness (QED) is 0.760. The van der Waals surface area contributed by atoms with Gasteiger partial charge in [0.05, 0.1) is 12.1 Å². The van der Waals surface area contributed by atoms with Crippen molar-refractivity contribution in [3.63, 3.8) is 0 Å². The number of hydrogen-bond donors (Lipinski definition) is 2. The summed E-state index contributed by atoms with van der Waals surface area (Å²) in [5, 5.41) is 14.4. The predicted molar refractivity (Wildman–Crippen MR) is 86.4 cm³/mol. The zero-order valence-corrected chi connectivity index (χ0v) is 12.4. The number of aliphatic hydroxyl groups is 1. The Balaban J connectivity index is 2.11. The fourth-order valence-electron chi connectivity index (χ4n) is 2.92. The number of rotatable bonds is 5. The number of likely N-dealkylation sites (N-methyl/N-ethyl adjacent to an activating group) is 1. The van der Waals surface area contributed by atoms with Crippen LogP contribution >= 0.6 is 0 Å². The van der Waals surface area contributed by atoms with Crippen molar-refractivity contribution in [2.24, 2.45) is 0 Å². The van der Waals surface area contributed by atoms with Gasteiger partial charge in [0.15, 0.2) is 0 Å². The third kappa shape index (κ3) is 2.75. The summed E-state index contributed by atoms with van der Waals surface area (Å²) in [4.78, 5) is 0. The van der Waals surface area contributed by atoms with Gasteiger partial charge in [0.2, 0.25) is 0 Å². The molecule has 0 bridgehead atoms. The zero-order valence-electron chi connectivity index (χ0n) is 12.4. The standard InChI is InChI=1S/C18H19FN2O/c1-20-12-17(22)18(13-5-3-2-4-6-13)21-10-9-14-11-15(19)7-8-16(14)21/h2-11,17-18,20,22H,12H2,1H3/t17-,18+/m0/s1. The lowest BCUT2D eigenvalue weighted by Gasteiger charge is -2.26. The molecule has 3 rings (SSSR count). The molecule has 114 valence electrons. The summed E-state index contributed by atoms with van der Waals surface area (Å²) in [5.74, 6) is -0.253. The maximum Gasteiger partial charge on any atom is 0.123 e. The number of benzene rings is 2. The van der Waals surface area contributed by atoms with Gasteiger partial charge in [-0.05, 0) is 36.9 Å². The van der Waals surface area contributed by atoms with E-state index in [1.807, 2.05) is 54.2 Å². The van der Waals surface area contributed by atoms with Gasteiger partial charge in [-0.1, -0.05) is 30.3 Å². The summed E-state index contributed by atoms with van der Waals surface area (Å²) < 4.78 is 15.4. The van der Waals surface area contributed by atoms with Crippen molar-refractivity contribution in [3.05, 3.63) is 72.2 Å². The highest BCUT2D eigenvalue weighted by molar-refractivity contribution is 5.80. The minimum Gasteiger partial charge on any atom is -0.389 e. The normalized spacial score (nSPS) is 14.1. The van der Waals surface area contributed by atoms with Crippen molar-refractivity contribution >= 4 is 10.9 Å². The second-order valence-corrected chi connectivity index (χ2v) is 5.41. The van der Waals surface area contributed by atoms with Crippen molar-refractivity contribution < 1.29 is 9.50 Å². The van der Waals surface area contributed by atoms with Gasteiger partial charge in [-0.15, -0.1) is 0 Å². The number of aliphatic hydroxyl groups excluding tert-OH is 1. The van der Waals surface area contributed by atoms with E-state index in [-0.39, 0.29) is 11.9 Å². The molecule has 1 heterocycles. The fourth-order valence-corrected chi connectivity index (χ4v) is 2.92. The second kappa shape index (κ2) is 6.30. The Kier molecular flexibility index (Phi) is 4.22. The molecule has 22 heavy (non-hydrogen) atoms. The molecule has 0 unspecified atom stereocenters. The SMILES string of the molecule is CNC[C@H](O)[C@@H](c1ccccc1)n1ccc2cc(F)ccc21. The number of aromatic nitrogens is 1. The Bertz CT molecular complexity index is 754. The van der Waals surface area contributed by atoms with Crippen LogP contribution in [-0.4, -0.2) is 29.4 Å². The molecule has 3 nitrogen and oxygen atoms in total. The highest BCUT2D eigenvalue weighted by Crippen LogP contribution is 2.28. The minimum atomic E-state index is -0.590. The molecule has 0 fully saturated rings. The Labute approximate surface area is 129 Å². The largest absolute Gasteiger partial charge is 0.389 e. The Morgan fingerprint density at radius 2 is 1.91 bits per heavy atom. The maximum atomic E-state index is 13.4. The fraction of sp³-hybridized carbons (Fsp3) is 0.222. The average molecular weight is 298 g/mol. The van der Waals surface area contributed by atoms with Crippen LogP contribution in [0, 0.1) is 5.82 Å². The van der Waals surface area contributed by atoms with Crippen LogP contribution in [0.2, 0.25) is 0 Å². The van der Waals surface area contributed by atoms with E-state index in [4.69, 9.17) is 0 Å². The van der Waals surface area contributed by atoms with Gasteiger partial charge in [0.25, 0.3) is 0 Å². The van der Waals surface area contributed by atoms with Crippen LogP contribution in [0.3, 0.4) is 0 Å². The maximum absolute atomic E-state index is 13.4.